The summed E-state index contributed by atoms with van der Waals surface area (Å²) in [6.45, 7) is 9.46. The van der Waals surface area contributed by atoms with Crippen molar-refractivity contribution in [2.24, 2.45) is 23.2 Å². The number of hydrogen-bond acceptors (Lipinski definition) is 0. The van der Waals surface area contributed by atoms with Crippen molar-refractivity contribution in [3.8, 4) is 12.3 Å². The molecule has 0 amide bonds. The minimum atomic E-state index is 0.421. The molecule has 0 aromatic heterocycles. The lowest BCUT2D eigenvalue weighted by molar-refractivity contribution is 0.147. The van der Waals surface area contributed by atoms with Gasteiger partial charge in [-0.3, -0.25) is 0 Å². The van der Waals surface area contributed by atoms with E-state index in [1.165, 1.54) is 96.8 Å². The van der Waals surface area contributed by atoms with Gasteiger partial charge in [0.25, 0.3) is 0 Å². The third kappa shape index (κ3) is 7.82. The van der Waals surface area contributed by atoms with Gasteiger partial charge in [0, 0.05) is 11.5 Å². The maximum Gasteiger partial charge on any atom is 0.0274 e. The average Bonchev–Trinajstić information content (AvgIpc) is 3.50. The summed E-state index contributed by atoms with van der Waals surface area (Å²) in [5, 5.41) is 0. The Bertz CT molecular complexity index is 1540. The van der Waals surface area contributed by atoms with E-state index in [0.717, 1.165) is 30.7 Å². The molecule has 2 unspecified atom stereocenters. The Morgan fingerprint density at radius 2 is 1.69 bits per heavy atom. The lowest BCUT2D eigenvalue weighted by Gasteiger charge is -2.38. The topological polar surface area (TPSA) is 0 Å². The normalized spacial score (nSPS) is 22.7. The van der Waals surface area contributed by atoms with Gasteiger partial charge in [0.1, 0.15) is 0 Å². The zero-order valence-electron chi connectivity index (χ0n) is 27.7. The second kappa shape index (κ2) is 14.3. The monoisotopic (exact) mass is 592 g/mol. The Hall–Kier alpha value is -3.56. The van der Waals surface area contributed by atoms with Gasteiger partial charge in [-0.1, -0.05) is 123 Å². The zero-order valence-corrected chi connectivity index (χ0v) is 27.7. The highest BCUT2D eigenvalue weighted by Crippen LogP contribution is 2.45. The summed E-state index contributed by atoms with van der Waals surface area (Å²) in [7, 11) is 0. The van der Waals surface area contributed by atoms with Crippen LogP contribution in [0, 0.1) is 35.5 Å². The van der Waals surface area contributed by atoms with Gasteiger partial charge >= 0.3 is 0 Å². The molecule has 3 aromatic rings. The van der Waals surface area contributed by atoms with Crippen molar-refractivity contribution < 1.29 is 0 Å². The molecule has 0 heteroatoms. The van der Waals surface area contributed by atoms with Crippen LogP contribution in [0.1, 0.15) is 111 Å². The second-order valence-corrected chi connectivity index (χ2v) is 14.9. The predicted octanol–water partition coefficient (Wildman–Crippen LogP) is 11.7. The third-order valence-electron chi connectivity index (χ3n) is 11.4. The highest BCUT2D eigenvalue weighted by Gasteiger charge is 2.32. The van der Waals surface area contributed by atoms with Crippen molar-refractivity contribution in [1.82, 2.24) is 0 Å². The van der Waals surface area contributed by atoms with Gasteiger partial charge in [0.15, 0.2) is 0 Å². The molecule has 3 aromatic carbocycles. The van der Waals surface area contributed by atoms with Crippen LogP contribution < -0.4 is 0 Å². The molecule has 3 aliphatic carbocycles. The molecule has 232 valence electrons. The molecule has 2 saturated carbocycles. The van der Waals surface area contributed by atoms with Crippen molar-refractivity contribution >= 4 is 5.57 Å². The molecule has 0 radical (unpaired) electrons. The number of rotatable bonds is 12. The standard InChI is InChI=1S/C45H52/c1-5-38-19-17-37(32-43(38)26-29-45(4)27-9-28-45)31-36-15-20-40(21-16-36)44(34(3)13-14-35-10-7-6-8-11-35)41-24-22-39(23-25-41)42-18-12-33(2)30-42/h1,6-8,10-12,17-19,22-25,30,32-33,36,40,44H,3,9,13-16,20-21,26-29,31H2,2,4H3. The van der Waals surface area contributed by atoms with E-state index in [-0.39, 0.29) is 0 Å². The van der Waals surface area contributed by atoms with Crippen molar-refractivity contribution in [3.63, 3.8) is 0 Å². The minimum Gasteiger partial charge on any atom is -0.115 e. The number of hydrogen-bond donors (Lipinski definition) is 0. The van der Waals surface area contributed by atoms with E-state index in [1.54, 1.807) is 0 Å². The van der Waals surface area contributed by atoms with Crippen LogP contribution in [0.4, 0.5) is 0 Å². The Morgan fingerprint density at radius 3 is 2.33 bits per heavy atom. The summed E-state index contributed by atoms with van der Waals surface area (Å²) in [6.07, 6.45) is 27.8. The summed E-state index contributed by atoms with van der Waals surface area (Å²) in [5.74, 6) is 5.32. The quantitative estimate of drug-likeness (QED) is 0.145. The molecule has 0 spiro atoms. The molecule has 6 rings (SSSR count). The number of aryl methyl sites for hydroxylation is 2. The number of terminal acetylenes is 1. The molecule has 0 aliphatic heterocycles. The van der Waals surface area contributed by atoms with Crippen LogP contribution >= 0.6 is 0 Å². The van der Waals surface area contributed by atoms with Crippen LogP contribution in [0.3, 0.4) is 0 Å². The predicted molar refractivity (Wildman–Crippen MR) is 193 cm³/mol. The fourth-order valence-electron chi connectivity index (χ4n) is 8.32. The van der Waals surface area contributed by atoms with Crippen LogP contribution in [0.2, 0.25) is 0 Å². The first-order valence-corrected chi connectivity index (χ1v) is 17.7. The van der Waals surface area contributed by atoms with E-state index in [4.69, 9.17) is 13.0 Å². The van der Waals surface area contributed by atoms with Gasteiger partial charge in [0.05, 0.1) is 0 Å². The van der Waals surface area contributed by atoms with Crippen molar-refractivity contribution in [1.29, 1.82) is 0 Å². The molecule has 0 nitrogen and oxygen atoms in total. The molecule has 3 aliphatic rings. The fraction of sp³-hybridized carbons (Fsp3) is 0.422. The van der Waals surface area contributed by atoms with Crippen molar-refractivity contribution in [2.45, 2.75) is 96.8 Å². The third-order valence-corrected chi connectivity index (χ3v) is 11.4. The van der Waals surface area contributed by atoms with Crippen LogP contribution in [0.5, 0.6) is 0 Å². The molecular weight excluding hydrogens is 540 g/mol. The Balaban J connectivity index is 1.12. The lowest BCUT2D eigenvalue weighted by Crippen LogP contribution is -2.26. The molecule has 2 fully saturated rings. The molecule has 45 heavy (non-hydrogen) atoms. The highest BCUT2D eigenvalue weighted by molar-refractivity contribution is 5.76. The van der Waals surface area contributed by atoms with E-state index < -0.39 is 0 Å². The maximum absolute atomic E-state index is 5.92. The lowest BCUT2D eigenvalue weighted by atomic mass is 9.67. The molecular formula is C45H52. The van der Waals surface area contributed by atoms with E-state index in [2.05, 4.69) is 111 Å². The van der Waals surface area contributed by atoms with Gasteiger partial charge in [-0.25, -0.2) is 0 Å². The Morgan fingerprint density at radius 1 is 0.933 bits per heavy atom. The summed E-state index contributed by atoms with van der Waals surface area (Å²) in [4.78, 5) is 0. The smallest absolute Gasteiger partial charge is 0.0274 e. The molecule has 0 bridgehead atoms. The van der Waals surface area contributed by atoms with E-state index in [9.17, 15) is 0 Å². The van der Waals surface area contributed by atoms with Crippen LogP contribution in [-0.4, -0.2) is 0 Å². The van der Waals surface area contributed by atoms with Gasteiger partial charge in [-0.05, 0) is 133 Å². The van der Waals surface area contributed by atoms with Crippen molar-refractivity contribution in [3.05, 3.63) is 137 Å². The number of benzene rings is 3. The summed E-state index contributed by atoms with van der Waals surface area (Å²) in [6, 6.07) is 27.4. The van der Waals surface area contributed by atoms with E-state index >= 15 is 0 Å². The van der Waals surface area contributed by atoms with E-state index in [0.29, 0.717) is 23.2 Å². The largest absolute Gasteiger partial charge is 0.115 e. The molecule has 0 saturated heterocycles. The van der Waals surface area contributed by atoms with E-state index in [1.807, 2.05) is 0 Å². The van der Waals surface area contributed by atoms with Crippen molar-refractivity contribution in [2.75, 3.05) is 0 Å². The maximum atomic E-state index is 5.92. The average molecular weight is 593 g/mol. The van der Waals surface area contributed by atoms with Crippen LogP contribution in [-0.2, 0) is 19.3 Å². The van der Waals surface area contributed by atoms with Crippen LogP contribution in [0.15, 0.2) is 103 Å². The van der Waals surface area contributed by atoms with Gasteiger partial charge in [-0.15, -0.1) is 6.42 Å². The fourth-order valence-corrected chi connectivity index (χ4v) is 8.32. The first kappa shape index (κ1) is 31.4. The first-order valence-electron chi connectivity index (χ1n) is 17.7. The van der Waals surface area contributed by atoms with Gasteiger partial charge in [-0.2, -0.15) is 0 Å². The molecule has 2 atom stereocenters. The van der Waals surface area contributed by atoms with Gasteiger partial charge < -0.3 is 0 Å². The Kier molecular flexibility index (Phi) is 9.95. The van der Waals surface area contributed by atoms with Gasteiger partial charge in [0.2, 0.25) is 0 Å². The molecule has 0 heterocycles. The minimum absolute atomic E-state index is 0.421. The Labute approximate surface area is 273 Å². The highest BCUT2D eigenvalue weighted by atomic mass is 14.4. The SMILES string of the molecule is C#Cc1ccc(CC2CCC(C(C(=C)CCc3ccccc3)c3ccc(C4=CC(C)C=C4)cc3)CC2)cc1CCC1(C)CCC1. The summed E-state index contributed by atoms with van der Waals surface area (Å²) < 4.78 is 0. The summed E-state index contributed by atoms with van der Waals surface area (Å²) >= 11 is 0. The second-order valence-electron chi connectivity index (χ2n) is 14.9. The number of allylic oxidation sites excluding steroid dienone is 5. The zero-order chi connectivity index (χ0) is 31.2. The van der Waals surface area contributed by atoms with Crippen LogP contribution in [0.25, 0.3) is 5.57 Å². The first-order chi connectivity index (χ1) is 21.9. The molecule has 0 N–H and O–H groups in total. The summed E-state index contributed by atoms with van der Waals surface area (Å²) in [5.41, 5.74) is 11.4.